The maximum absolute atomic E-state index is 12.0. The zero-order chi connectivity index (χ0) is 19.2. The van der Waals surface area contributed by atoms with Crippen LogP contribution in [-0.4, -0.2) is 81.4 Å². The molecule has 0 heterocycles. The third-order valence-corrected chi connectivity index (χ3v) is 6.59. The van der Waals surface area contributed by atoms with Crippen LogP contribution in [0.3, 0.4) is 0 Å². The van der Waals surface area contributed by atoms with Gasteiger partial charge in [0.15, 0.2) is 10.5 Å². The van der Waals surface area contributed by atoms with E-state index in [1.807, 2.05) is 0 Å². The van der Waals surface area contributed by atoms with Gasteiger partial charge in [-0.2, -0.15) is 8.42 Å². The summed E-state index contributed by atoms with van der Waals surface area (Å²) in [6, 6.07) is 0. The van der Waals surface area contributed by atoms with E-state index < -0.39 is 20.6 Å². The van der Waals surface area contributed by atoms with Crippen molar-refractivity contribution in [2.75, 3.05) is 6.54 Å². The normalized spacial score (nSPS) is 13.8. The first-order valence-electron chi connectivity index (χ1n) is 10.00. The van der Waals surface area contributed by atoms with Crippen molar-refractivity contribution in [2.24, 2.45) is 5.73 Å². The first kappa shape index (κ1) is 29.4. The number of hydrogen-bond donors (Lipinski definition) is 2. The van der Waals surface area contributed by atoms with Crippen LogP contribution in [0.25, 0.3) is 0 Å². The van der Waals surface area contributed by atoms with Crippen LogP contribution < -0.4 is 5.73 Å². The molecule has 152 valence electrons. The Labute approximate surface area is 203 Å². The second-order valence-corrected chi connectivity index (χ2v) is 9.18. The van der Waals surface area contributed by atoms with Gasteiger partial charge < -0.3 is 5.73 Å². The Bertz CT molecular complexity index is 456. The molecule has 0 rings (SSSR count). The molecule has 0 aliphatic heterocycles. The Balaban J connectivity index is 0. The fourth-order valence-corrected chi connectivity index (χ4v) is 3.53. The van der Waals surface area contributed by atoms with Crippen LogP contribution in [0.5, 0.6) is 0 Å². The van der Waals surface area contributed by atoms with E-state index in [-0.39, 0.29) is 64.4 Å². The van der Waals surface area contributed by atoms with Crippen molar-refractivity contribution in [3.63, 3.8) is 0 Å². The van der Waals surface area contributed by atoms with Gasteiger partial charge in [0.2, 0.25) is 0 Å². The van der Waals surface area contributed by atoms with Crippen LogP contribution in [0.4, 0.5) is 0 Å². The van der Waals surface area contributed by atoms with Gasteiger partial charge in [0.05, 0.1) is 0 Å². The molecule has 0 spiro atoms. The Morgan fingerprint density at radius 3 is 1.50 bits per heavy atom. The van der Waals surface area contributed by atoms with Gasteiger partial charge in [-0.3, -0.25) is 9.35 Å². The van der Waals surface area contributed by atoms with Gasteiger partial charge in [-0.25, -0.2) is 0 Å². The predicted molar refractivity (Wildman–Crippen MR) is 111 cm³/mol. The van der Waals surface area contributed by atoms with Crippen LogP contribution in [0.2, 0.25) is 0 Å². The number of rotatable bonds is 17. The zero-order valence-electron chi connectivity index (χ0n) is 16.3. The standard InChI is InChI=1S/C19H39NO4S.K.H/c1-3-4-5-6-7-8-9-10-11-12-13-14-15-16-18(21)19(2,17-20)25(22,23)24;;/h3-17,20H2,1-2H3,(H,22,23,24);;. The fraction of sp³-hybridized carbons (Fsp3) is 0.947. The van der Waals surface area contributed by atoms with Gasteiger partial charge in [-0.15, -0.1) is 0 Å². The van der Waals surface area contributed by atoms with E-state index in [0.29, 0.717) is 6.42 Å². The number of nitrogens with two attached hydrogens (primary N) is 1. The molecule has 0 aromatic heterocycles. The molecule has 0 aromatic carbocycles. The minimum absolute atomic E-state index is 0. The van der Waals surface area contributed by atoms with Gasteiger partial charge >= 0.3 is 51.4 Å². The van der Waals surface area contributed by atoms with E-state index in [9.17, 15) is 17.8 Å². The Morgan fingerprint density at radius 1 is 0.846 bits per heavy atom. The van der Waals surface area contributed by atoms with Crippen molar-refractivity contribution in [1.29, 1.82) is 0 Å². The molecular formula is C19H40KNO4S. The molecule has 0 amide bonds. The molecule has 26 heavy (non-hydrogen) atoms. The predicted octanol–water partition coefficient (Wildman–Crippen LogP) is 3.99. The van der Waals surface area contributed by atoms with Crippen molar-refractivity contribution in [2.45, 2.75) is 108 Å². The van der Waals surface area contributed by atoms with Crippen LogP contribution in [0.15, 0.2) is 0 Å². The van der Waals surface area contributed by atoms with Gasteiger partial charge in [0, 0.05) is 13.0 Å². The summed E-state index contributed by atoms with van der Waals surface area (Å²) in [5.74, 6) is -0.486. The molecule has 1 unspecified atom stereocenters. The molecule has 0 fully saturated rings. The number of carbonyl (C=O) groups excluding carboxylic acids is 1. The number of Topliss-reactive ketones (excluding diaryl/α,β-unsaturated/α-hetero) is 1. The quantitative estimate of drug-likeness (QED) is 0.212. The molecule has 7 heteroatoms. The van der Waals surface area contributed by atoms with Gasteiger partial charge in [-0.1, -0.05) is 84.0 Å². The molecule has 1 atom stereocenters. The molecular weight excluding hydrogens is 377 g/mol. The molecule has 0 radical (unpaired) electrons. The summed E-state index contributed by atoms with van der Waals surface area (Å²) in [4.78, 5) is 12.0. The van der Waals surface area contributed by atoms with Crippen molar-refractivity contribution in [3.8, 4) is 0 Å². The molecule has 5 nitrogen and oxygen atoms in total. The van der Waals surface area contributed by atoms with Crippen molar-refractivity contribution >= 4 is 67.3 Å². The molecule has 0 aliphatic rings. The van der Waals surface area contributed by atoms with Crippen LogP contribution >= 0.6 is 0 Å². The van der Waals surface area contributed by atoms with Gasteiger partial charge in [0.1, 0.15) is 0 Å². The van der Waals surface area contributed by atoms with Crippen LogP contribution in [0.1, 0.15) is 104 Å². The van der Waals surface area contributed by atoms with Crippen molar-refractivity contribution < 1.29 is 17.8 Å². The summed E-state index contributed by atoms with van der Waals surface area (Å²) in [6.07, 6.45) is 15.9. The number of unbranched alkanes of at least 4 members (excludes halogenated alkanes) is 12. The number of carbonyl (C=O) groups is 1. The molecule has 0 aliphatic carbocycles. The summed E-state index contributed by atoms with van der Waals surface area (Å²) >= 11 is 0. The topological polar surface area (TPSA) is 97.5 Å². The van der Waals surface area contributed by atoms with Gasteiger partial charge in [-0.05, 0) is 13.3 Å². The monoisotopic (exact) mass is 417 g/mol. The minimum atomic E-state index is -4.46. The Morgan fingerprint density at radius 2 is 1.19 bits per heavy atom. The van der Waals surface area contributed by atoms with Crippen LogP contribution in [-0.2, 0) is 14.9 Å². The van der Waals surface area contributed by atoms with Crippen molar-refractivity contribution in [1.82, 2.24) is 0 Å². The Hall–Kier alpha value is 1.18. The van der Waals surface area contributed by atoms with E-state index in [1.165, 1.54) is 64.7 Å². The third kappa shape index (κ3) is 12.6. The zero-order valence-corrected chi connectivity index (χ0v) is 17.1. The summed E-state index contributed by atoms with van der Waals surface area (Å²) in [5.41, 5.74) is 5.38. The number of hydrogen-bond acceptors (Lipinski definition) is 4. The average molecular weight is 418 g/mol. The van der Waals surface area contributed by atoms with E-state index in [2.05, 4.69) is 6.92 Å². The SMILES string of the molecule is CCCCCCCCCCCCCCCC(=O)C(C)(CN)S(=O)(=O)O.[KH]. The maximum atomic E-state index is 12.0. The van der Waals surface area contributed by atoms with Crippen LogP contribution in [0, 0.1) is 0 Å². The molecule has 0 saturated heterocycles. The number of ketones is 1. The molecule has 0 bridgehead atoms. The first-order chi connectivity index (χ1) is 11.8. The molecule has 0 aromatic rings. The summed E-state index contributed by atoms with van der Waals surface area (Å²) in [5, 5.41) is 0. The summed E-state index contributed by atoms with van der Waals surface area (Å²) in [7, 11) is -4.46. The first-order valence-corrected chi connectivity index (χ1v) is 11.4. The van der Waals surface area contributed by atoms with E-state index in [4.69, 9.17) is 5.73 Å². The van der Waals surface area contributed by atoms with Gasteiger partial charge in [0.25, 0.3) is 10.1 Å². The third-order valence-electron chi connectivity index (χ3n) is 5.06. The molecule has 0 saturated carbocycles. The molecule has 3 N–H and O–H groups in total. The summed E-state index contributed by atoms with van der Waals surface area (Å²) in [6.45, 7) is 3.05. The van der Waals surface area contributed by atoms with E-state index in [1.54, 1.807) is 0 Å². The van der Waals surface area contributed by atoms with E-state index in [0.717, 1.165) is 19.3 Å². The second-order valence-electron chi connectivity index (χ2n) is 7.33. The second kappa shape index (κ2) is 17.1. The fourth-order valence-electron chi connectivity index (χ4n) is 2.93. The van der Waals surface area contributed by atoms with Crippen molar-refractivity contribution in [3.05, 3.63) is 0 Å². The average Bonchev–Trinajstić information content (AvgIpc) is 2.56. The summed E-state index contributed by atoms with van der Waals surface area (Å²) < 4.78 is 30.0. The van der Waals surface area contributed by atoms with E-state index >= 15 is 0 Å². The Kier molecular flexibility index (Phi) is 19.3.